The van der Waals surface area contributed by atoms with Crippen LogP contribution in [0.5, 0.6) is 0 Å². The number of anilines is 1. The molecule has 9 heteroatoms. The molecular formula is C17H20N4O5. The maximum absolute atomic E-state index is 12.5. The first-order valence-electron chi connectivity index (χ1n) is 8.14. The highest BCUT2D eigenvalue weighted by Gasteiger charge is 2.34. The third kappa shape index (κ3) is 3.26. The van der Waals surface area contributed by atoms with E-state index in [1.54, 1.807) is 23.0 Å². The van der Waals surface area contributed by atoms with E-state index in [2.05, 4.69) is 10.4 Å². The van der Waals surface area contributed by atoms with Gasteiger partial charge in [-0.05, 0) is 18.2 Å². The minimum Gasteiger partial charge on any atom is -0.466 e. The molecule has 0 saturated heterocycles. The van der Waals surface area contributed by atoms with E-state index < -0.39 is 5.97 Å². The second-order valence-electron chi connectivity index (χ2n) is 5.79. The number of nitrogens with zero attached hydrogens (tertiary/aromatic N) is 3. The molecule has 0 bridgehead atoms. The lowest BCUT2D eigenvalue weighted by Gasteiger charge is -2.15. The summed E-state index contributed by atoms with van der Waals surface area (Å²) >= 11 is 0. The number of nitrogens with one attached hydrogen (secondary N) is 1. The number of ether oxygens (including phenoxy) is 1. The van der Waals surface area contributed by atoms with Crippen LogP contribution < -0.4 is 5.32 Å². The number of hydrogen-bond donors (Lipinski definition) is 3. The number of methoxy groups -OCH3 is 1. The molecule has 0 saturated carbocycles. The lowest BCUT2D eigenvalue weighted by molar-refractivity contribution is -0.136. The number of amides is 1. The molecule has 26 heavy (non-hydrogen) atoms. The van der Waals surface area contributed by atoms with E-state index in [1.807, 2.05) is 6.07 Å². The van der Waals surface area contributed by atoms with Gasteiger partial charge in [-0.3, -0.25) is 9.48 Å². The van der Waals surface area contributed by atoms with Crippen molar-refractivity contribution in [3.05, 3.63) is 35.7 Å². The standard InChI is InChI=1S/C17H20N4O5/c1-26-17(25)13-10-20(4-6-22)16(24)15(13)19-12-2-3-14-11(8-12)9-18-21(14)5-7-23/h2-3,8-9,19,22-23H,4-7,10H2,1H3. The molecule has 1 aromatic heterocycles. The first kappa shape index (κ1) is 17.9. The summed E-state index contributed by atoms with van der Waals surface area (Å²) in [5, 5.41) is 26.2. The second-order valence-corrected chi connectivity index (χ2v) is 5.79. The number of rotatable bonds is 7. The average Bonchev–Trinajstić information content (AvgIpc) is 3.18. The lowest BCUT2D eigenvalue weighted by Crippen LogP contribution is -2.31. The monoisotopic (exact) mass is 360 g/mol. The zero-order chi connectivity index (χ0) is 18.7. The number of carbonyl (C=O) groups excluding carboxylic acids is 2. The molecule has 3 rings (SSSR count). The van der Waals surface area contributed by atoms with Crippen LogP contribution in [0.1, 0.15) is 0 Å². The third-order valence-corrected chi connectivity index (χ3v) is 4.18. The molecule has 1 aliphatic rings. The topological polar surface area (TPSA) is 117 Å². The quantitative estimate of drug-likeness (QED) is 0.581. The van der Waals surface area contributed by atoms with Gasteiger partial charge in [0.15, 0.2) is 0 Å². The van der Waals surface area contributed by atoms with Crippen molar-refractivity contribution in [2.45, 2.75) is 6.54 Å². The summed E-state index contributed by atoms with van der Waals surface area (Å²) in [7, 11) is 1.26. The predicted octanol–water partition coefficient (Wildman–Crippen LogP) is -0.298. The molecule has 0 aliphatic carbocycles. The van der Waals surface area contributed by atoms with E-state index in [4.69, 9.17) is 14.9 Å². The van der Waals surface area contributed by atoms with Gasteiger partial charge in [0.1, 0.15) is 5.70 Å². The first-order valence-corrected chi connectivity index (χ1v) is 8.14. The Morgan fingerprint density at radius 1 is 1.31 bits per heavy atom. The Hall–Kier alpha value is -2.91. The molecule has 0 fully saturated rings. The van der Waals surface area contributed by atoms with Crippen molar-refractivity contribution in [1.82, 2.24) is 14.7 Å². The number of β-amino-alcohol motifs (C(OH)–C–C–N with tert-alkyl or cyclic N) is 1. The molecule has 9 nitrogen and oxygen atoms in total. The maximum Gasteiger partial charge on any atom is 0.337 e. The van der Waals surface area contributed by atoms with E-state index in [0.29, 0.717) is 12.2 Å². The van der Waals surface area contributed by atoms with E-state index >= 15 is 0 Å². The van der Waals surface area contributed by atoms with Gasteiger partial charge in [0.05, 0.1) is 50.7 Å². The number of carbonyl (C=O) groups is 2. The number of fused-ring (bicyclic) bond motifs is 1. The van der Waals surface area contributed by atoms with Gasteiger partial charge in [-0.1, -0.05) is 0 Å². The van der Waals surface area contributed by atoms with Crippen LogP contribution in [0.2, 0.25) is 0 Å². The summed E-state index contributed by atoms with van der Waals surface area (Å²) in [6, 6.07) is 5.39. The average molecular weight is 360 g/mol. The van der Waals surface area contributed by atoms with E-state index in [1.165, 1.54) is 12.0 Å². The van der Waals surface area contributed by atoms with Crippen molar-refractivity contribution < 1.29 is 24.5 Å². The minimum absolute atomic E-state index is 0.0125. The predicted molar refractivity (Wildman–Crippen MR) is 93.1 cm³/mol. The van der Waals surface area contributed by atoms with E-state index in [9.17, 15) is 9.59 Å². The number of aliphatic hydroxyl groups is 2. The van der Waals surface area contributed by atoms with Gasteiger partial charge in [0.25, 0.3) is 5.91 Å². The van der Waals surface area contributed by atoms with Gasteiger partial charge in [0, 0.05) is 17.6 Å². The summed E-state index contributed by atoms with van der Waals surface area (Å²) in [5.74, 6) is -0.950. The number of esters is 1. The maximum atomic E-state index is 12.5. The van der Waals surface area contributed by atoms with Crippen LogP contribution in [-0.4, -0.2) is 70.2 Å². The zero-order valence-corrected chi connectivity index (χ0v) is 14.3. The van der Waals surface area contributed by atoms with Crippen LogP contribution in [0.4, 0.5) is 5.69 Å². The largest absolute Gasteiger partial charge is 0.466 e. The molecular weight excluding hydrogens is 340 g/mol. The Morgan fingerprint density at radius 2 is 2.08 bits per heavy atom. The highest BCUT2D eigenvalue weighted by molar-refractivity contribution is 6.08. The SMILES string of the molecule is COC(=O)C1=C(Nc2ccc3c(cnn3CCO)c2)C(=O)N(CCO)C1. The number of aromatic nitrogens is 2. The molecule has 3 N–H and O–H groups in total. The Labute approximate surface area is 149 Å². The van der Waals surface area contributed by atoms with Crippen LogP contribution in [-0.2, 0) is 20.9 Å². The summed E-state index contributed by atoms with van der Waals surface area (Å²) in [5.41, 5.74) is 1.84. The van der Waals surface area contributed by atoms with Crippen molar-refractivity contribution in [3.8, 4) is 0 Å². The van der Waals surface area contributed by atoms with Crippen molar-refractivity contribution in [2.24, 2.45) is 0 Å². The molecule has 1 aliphatic heterocycles. The highest BCUT2D eigenvalue weighted by atomic mass is 16.5. The lowest BCUT2D eigenvalue weighted by atomic mass is 10.2. The molecule has 0 unspecified atom stereocenters. The van der Waals surface area contributed by atoms with E-state index in [0.717, 1.165) is 10.9 Å². The van der Waals surface area contributed by atoms with Gasteiger partial charge in [-0.2, -0.15) is 5.10 Å². The number of benzene rings is 1. The van der Waals surface area contributed by atoms with Crippen molar-refractivity contribution >= 4 is 28.5 Å². The first-order chi connectivity index (χ1) is 12.6. The van der Waals surface area contributed by atoms with Gasteiger partial charge in [-0.15, -0.1) is 0 Å². The Kier molecular flexibility index (Phi) is 5.19. The fraction of sp³-hybridized carbons (Fsp3) is 0.353. The number of aliphatic hydroxyl groups excluding tert-OH is 2. The summed E-state index contributed by atoms with van der Waals surface area (Å²) in [4.78, 5) is 25.9. The van der Waals surface area contributed by atoms with Crippen LogP contribution in [0.25, 0.3) is 10.9 Å². The zero-order valence-electron chi connectivity index (χ0n) is 14.3. The fourth-order valence-electron chi connectivity index (χ4n) is 2.93. The van der Waals surface area contributed by atoms with Gasteiger partial charge < -0.3 is 25.2 Å². The molecule has 2 aromatic rings. The molecule has 0 atom stereocenters. The van der Waals surface area contributed by atoms with Gasteiger partial charge >= 0.3 is 5.97 Å². The van der Waals surface area contributed by atoms with Crippen LogP contribution in [0.3, 0.4) is 0 Å². The molecule has 0 spiro atoms. The molecule has 2 heterocycles. The molecule has 1 amide bonds. The molecule has 138 valence electrons. The highest BCUT2D eigenvalue weighted by Crippen LogP contribution is 2.25. The fourth-order valence-corrected chi connectivity index (χ4v) is 2.93. The summed E-state index contributed by atoms with van der Waals surface area (Å²) in [6.07, 6.45) is 1.67. The molecule has 1 aromatic carbocycles. The summed E-state index contributed by atoms with van der Waals surface area (Å²) in [6.45, 7) is 0.413. The normalized spacial score (nSPS) is 14.4. The summed E-state index contributed by atoms with van der Waals surface area (Å²) < 4.78 is 6.44. The third-order valence-electron chi connectivity index (χ3n) is 4.18. The van der Waals surface area contributed by atoms with Crippen molar-refractivity contribution in [1.29, 1.82) is 0 Å². The Bertz CT molecular complexity index is 873. The van der Waals surface area contributed by atoms with E-state index in [-0.39, 0.29) is 43.5 Å². The smallest absolute Gasteiger partial charge is 0.337 e. The van der Waals surface area contributed by atoms with Crippen LogP contribution in [0.15, 0.2) is 35.7 Å². The van der Waals surface area contributed by atoms with Crippen molar-refractivity contribution in [2.75, 3.05) is 38.7 Å². The number of hydrogen-bond acceptors (Lipinski definition) is 7. The van der Waals surface area contributed by atoms with Crippen LogP contribution >= 0.6 is 0 Å². The van der Waals surface area contributed by atoms with Crippen LogP contribution in [0, 0.1) is 0 Å². The second kappa shape index (κ2) is 7.54. The van der Waals surface area contributed by atoms with Gasteiger partial charge in [0.2, 0.25) is 0 Å². The minimum atomic E-state index is -0.585. The Morgan fingerprint density at radius 3 is 2.77 bits per heavy atom. The molecule has 0 radical (unpaired) electrons. The Balaban J connectivity index is 1.90. The van der Waals surface area contributed by atoms with Crippen molar-refractivity contribution in [3.63, 3.8) is 0 Å². The van der Waals surface area contributed by atoms with Gasteiger partial charge in [-0.25, -0.2) is 4.79 Å².